The average molecular weight is 298 g/mol. The summed E-state index contributed by atoms with van der Waals surface area (Å²) in [5.41, 5.74) is 2.78. The Labute approximate surface area is 131 Å². The zero-order valence-corrected chi connectivity index (χ0v) is 13.2. The molecule has 1 atom stereocenters. The molecule has 0 bridgehead atoms. The quantitative estimate of drug-likeness (QED) is 0.891. The normalized spacial score (nSPS) is 12.2. The second kappa shape index (κ2) is 7.73. The summed E-state index contributed by atoms with van der Waals surface area (Å²) in [4.78, 5) is 14.5. The van der Waals surface area contributed by atoms with Crippen molar-refractivity contribution in [2.75, 3.05) is 26.5 Å². The minimum Gasteiger partial charge on any atom is -0.380 e. The smallest absolute Gasteiger partial charge is 0.246 e. The molecule has 0 fully saturated rings. The number of likely N-dealkylation sites (N-methyl/N-ethyl adjacent to an activating group) is 1. The minimum atomic E-state index is -0.327. The molecule has 2 aromatic rings. The number of anilines is 1. The molecule has 2 aromatic carbocycles. The molecule has 0 aromatic heterocycles. The highest BCUT2D eigenvalue weighted by Crippen LogP contribution is 2.21. The highest BCUT2D eigenvalue weighted by Gasteiger charge is 2.22. The van der Waals surface area contributed by atoms with Gasteiger partial charge in [0.05, 0.1) is 6.61 Å². The Morgan fingerprint density at radius 3 is 2.50 bits per heavy atom. The van der Waals surface area contributed by atoms with E-state index in [1.807, 2.05) is 73.6 Å². The van der Waals surface area contributed by atoms with Gasteiger partial charge in [0.25, 0.3) is 0 Å². The van der Waals surface area contributed by atoms with Crippen molar-refractivity contribution in [2.24, 2.45) is 0 Å². The molecule has 0 saturated carbocycles. The first-order chi connectivity index (χ1) is 10.6. The van der Waals surface area contributed by atoms with Gasteiger partial charge in [-0.1, -0.05) is 42.5 Å². The Hall–Kier alpha value is -2.17. The number of nitrogens with zero attached hydrogens (tertiary/aromatic N) is 1. The second-order valence-electron chi connectivity index (χ2n) is 5.40. The Balaban J connectivity index is 2.17. The van der Waals surface area contributed by atoms with E-state index in [0.29, 0.717) is 6.61 Å². The van der Waals surface area contributed by atoms with Crippen LogP contribution >= 0.6 is 0 Å². The van der Waals surface area contributed by atoms with Gasteiger partial charge in [0, 0.05) is 12.8 Å². The van der Waals surface area contributed by atoms with Crippen LogP contribution in [0.15, 0.2) is 54.6 Å². The molecular weight excluding hydrogens is 276 g/mol. The van der Waals surface area contributed by atoms with Gasteiger partial charge in [-0.15, -0.1) is 0 Å². The highest BCUT2D eigenvalue weighted by molar-refractivity contribution is 5.95. The van der Waals surface area contributed by atoms with E-state index in [2.05, 4.69) is 5.32 Å². The summed E-state index contributed by atoms with van der Waals surface area (Å²) in [5, 5.41) is 2.98. The molecule has 0 aliphatic rings. The lowest BCUT2D eigenvalue weighted by Crippen LogP contribution is -2.32. The molecule has 0 unspecified atom stereocenters. The lowest BCUT2D eigenvalue weighted by molar-refractivity contribution is -0.120. The topological polar surface area (TPSA) is 41.6 Å². The Bertz CT molecular complexity index is 611. The van der Waals surface area contributed by atoms with Gasteiger partial charge in [-0.2, -0.15) is 0 Å². The van der Waals surface area contributed by atoms with Crippen molar-refractivity contribution in [3.63, 3.8) is 0 Å². The van der Waals surface area contributed by atoms with Crippen molar-refractivity contribution in [3.05, 3.63) is 65.7 Å². The number of benzene rings is 2. The summed E-state index contributed by atoms with van der Waals surface area (Å²) < 4.78 is 5.12. The fourth-order valence-electron chi connectivity index (χ4n) is 2.44. The van der Waals surface area contributed by atoms with E-state index in [-0.39, 0.29) is 11.9 Å². The molecular formula is C18H22N2O2. The number of ether oxygens (including phenoxy) is 1. The maximum absolute atomic E-state index is 12.6. The largest absolute Gasteiger partial charge is 0.380 e. The second-order valence-corrected chi connectivity index (χ2v) is 5.40. The third kappa shape index (κ3) is 4.16. The maximum atomic E-state index is 12.6. The number of amides is 1. The summed E-state index contributed by atoms with van der Waals surface area (Å²) in [6.45, 7) is 0.527. The molecule has 4 nitrogen and oxygen atoms in total. The van der Waals surface area contributed by atoms with Crippen LogP contribution in [0.3, 0.4) is 0 Å². The van der Waals surface area contributed by atoms with Crippen LogP contribution in [-0.2, 0) is 16.1 Å². The fourth-order valence-corrected chi connectivity index (χ4v) is 2.44. The Kier molecular flexibility index (Phi) is 5.69. The summed E-state index contributed by atoms with van der Waals surface area (Å²) in [5.74, 6) is -0.0502. The SMILES string of the molecule is COCc1cccc(NC(=O)[C@@H](c2ccccc2)N(C)C)c1. The molecule has 0 spiro atoms. The van der Waals surface area contributed by atoms with Crippen LogP contribution in [0.5, 0.6) is 0 Å². The molecule has 0 saturated heterocycles. The number of nitrogens with one attached hydrogen (secondary N) is 1. The molecule has 4 heteroatoms. The number of hydrogen-bond donors (Lipinski definition) is 1. The van der Waals surface area contributed by atoms with Gasteiger partial charge < -0.3 is 10.1 Å². The Morgan fingerprint density at radius 2 is 1.86 bits per heavy atom. The van der Waals surface area contributed by atoms with Gasteiger partial charge in [-0.25, -0.2) is 0 Å². The number of hydrogen-bond acceptors (Lipinski definition) is 3. The van der Waals surface area contributed by atoms with Crippen molar-refractivity contribution >= 4 is 11.6 Å². The van der Waals surface area contributed by atoms with Crippen LogP contribution in [0.25, 0.3) is 0 Å². The summed E-state index contributed by atoms with van der Waals surface area (Å²) in [7, 11) is 5.46. The van der Waals surface area contributed by atoms with Crippen molar-refractivity contribution in [1.29, 1.82) is 0 Å². The molecule has 1 amide bonds. The van der Waals surface area contributed by atoms with E-state index in [4.69, 9.17) is 4.74 Å². The van der Waals surface area contributed by atoms with E-state index >= 15 is 0 Å². The maximum Gasteiger partial charge on any atom is 0.246 e. The van der Waals surface area contributed by atoms with Crippen molar-refractivity contribution < 1.29 is 9.53 Å². The van der Waals surface area contributed by atoms with Crippen LogP contribution in [0.2, 0.25) is 0 Å². The van der Waals surface area contributed by atoms with Gasteiger partial charge in [0.1, 0.15) is 6.04 Å². The van der Waals surface area contributed by atoms with E-state index < -0.39 is 0 Å². The van der Waals surface area contributed by atoms with Crippen LogP contribution in [0, 0.1) is 0 Å². The van der Waals surface area contributed by atoms with Gasteiger partial charge in [-0.3, -0.25) is 9.69 Å². The molecule has 2 rings (SSSR count). The molecule has 22 heavy (non-hydrogen) atoms. The number of carbonyl (C=O) groups excluding carboxylic acids is 1. The molecule has 1 N–H and O–H groups in total. The average Bonchev–Trinajstić information content (AvgIpc) is 2.48. The first-order valence-electron chi connectivity index (χ1n) is 7.22. The number of rotatable bonds is 6. The fraction of sp³-hybridized carbons (Fsp3) is 0.278. The van der Waals surface area contributed by atoms with Crippen LogP contribution in [0.4, 0.5) is 5.69 Å². The number of methoxy groups -OCH3 is 1. The monoisotopic (exact) mass is 298 g/mol. The first kappa shape index (κ1) is 16.2. The van der Waals surface area contributed by atoms with Crippen LogP contribution in [0.1, 0.15) is 17.2 Å². The standard InChI is InChI=1S/C18H22N2O2/c1-20(2)17(15-9-5-4-6-10-15)18(21)19-16-11-7-8-14(12-16)13-22-3/h4-12,17H,13H2,1-3H3,(H,19,21)/t17-/m1/s1. The summed E-state index contributed by atoms with van der Waals surface area (Å²) >= 11 is 0. The lowest BCUT2D eigenvalue weighted by Gasteiger charge is -2.24. The van der Waals surface area contributed by atoms with Gasteiger partial charge in [0.2, 0.25) is 5.91 Å². The van der Waals surface area contributed by atoms with E-state index in [9.17, 15) is 4.79 Å². The zero-order chi connectivity index (χ0) is 15.9. The highest BCUT2D eigenvalue weighted by atomic mass is 16.5. The zero-order valence-electron chi connectivity index (χ0n) is 13.2. The Morgan fingerprint density at radius 1 is 1.14 bits per heavy atom. The summed E-state index contributed by atoms with van der Waals surface area (Å²) in [6, 6.07) is 17.1. The van der Waals surface area contributed by atoms with Crippen LogP contribution in [-0.4, -0.2) is 32.0 Å². The van der Waals surface area contributed by atoms with Crippen LogP contribution < -0.4 is 5.32 Å². The first-order valence-corrected chi connectivity index (χ1v) is 7.22. The third-order valence-electron chi connectivity index (χ3n) is 3.39. The van der Waals surface area contributed by atoms with E-state index in [1.54, 1.807) is 7.11 Å². The molecule has 0 heterocycles. The van der Waals surface area contributed by atoms with Gasteiger partial charge in [-0.05, 0) is 37.4 Å². The molecule has 0 aliphatic heterocycles. The van der Waals surface area contributed by atoms with Crippen molar-refractivity contribution in [1.82, 2.24) is 4.90 Å². The number of carbonyl (C=O) groups is 1. The van der Waals surface area contributed by atoms with E-state index in [0.717, 1.165) is 16.8 Å². The van der Waals surface area contributed by atoms with Gasteiger partial charge >= 0.3 is 0 Å². The minimum absolute atomic E-state index is 0.0502. The molecule has 0 radical (unpaired) electrons. The molecule has 0 aliphatic carbocycles. The van der Waals surface area contributed by atoms with Crippen molar-refractivity contribution in [2.45, 2.75) is 12.6 Å². The van der Waals surface area contributed by atoms with Crippen molar-refractivity contribution in [3.8, 4) is 0 Å². The third-order valence-corrected chi connectivity index (χ3v) is 3.39. The predicted octanol–water partition coefficient (Wildman–Crippen LogP) is 3.07. The molecule has 116 valence electrons. The van der Waals surface area contributed by atoms with Gasteiger partial charge in [0.15, 0.2) is 0 Å². The predicted molar refractivity (Wildman–Crippen MR) is 88.7 cm³/mol. The van der Waals surface area contributed by atoms with E-state index in [1.165, 1.54) is 0 Å². The summed E-state index contributed by atoms with van der Waals surface area (Å²) in [6.07, 6.45) is 0. The lowest BCUT2D eigenvalue weighted by atomic mass is 10.1.